The van der Waals surface area contributed by atoms with Gasteiger partial charge in [0.25, 0.3) is 0 Å². The van der Waals surface area contributed by atoms with Gasteiger partial charge >= 0.3 is 0 Å². The van der Waals surface area contributed by atoms with E-state index in [1.54, 1.807) is 7.05 Å². The Hall–Kier alpha value is -1.85. The fourth-order valence-corrected chi connectivity index (χ4v) is 3.37. The highest BCUT2D eigenvalue weighted by molar-refractivity contribution is 14.0. The van der Waals surface area contributed by atoms with Crippen molar-refractivity contribution in [3.8, 4) is 5.75 Å². The van der Waals surface area contributed by atoms with Gasteiger partial charge in [0.2, 0.25) is 10.0 Å². The van der Waals surface area contributed by atoms with E-state index in [4.69, 9.17) is 4.74 Å². The Kier molecular flexibility index (Phi) is 11.6. The molecule has 0 saturated heterocycles. The number of hydrogen-bond acceptors (Lipinski definition) is 4. The van der Waals surface area contributed by atoms with Gasteiger partial charge in [0.1, 0.15) is 12.4 Å². The monoisotopic (exact) mass is 532 g/mol. The summed E-state index contributed by atoms with van der Waals surface area (Å²) in [5, 5.41) is 3.07. The third-order valence-electron chi connectivity index (χ3n) is 4.00. The van der Waals surface area contributed by atoms with Crippen LogP contribution in [0.5, 0.6) is 5.75 Å². The van der Waals surface area contributed by atoms with Crippen LogP contribution in [0.1, 0.15) is 5.56 Å². The molecule has 29 heavy (non-hydrogen) atoms. The van der Waals surface area contributed by atoms with E-state index in [1.807, 2.05) is 72.6 Å². The Bertz CT molecular complexity index is 833. The zero-order valence-corrected chi connectivity index (χ0v) is 19.9. The topological polar surface area (TPSA) is 83.0 Å². The molecule has 0 aliphatic rings. The summed E-state index contributed by atoms with van der Waals surface area (Å²) in [6.45, 7) is 1.67. The van der Waals surface area contributed by atoms with Crippen molar-refractivity contribution >= 4 is 40.0 Å². The van der Waals surface area contributed by atoms with E-state index in [2.05, 4.69) is 15.0 Å². The maximum atomic E-state index is 12.1. The van der Waals surface area contributed by atoms with Gasteiger partial charge in [0, 0.05) is 27.2 Å². The summed E-state index contributed by atoms with van der Waals surface area (Å²) in [5.41, 5.74) is 0.924. The summed E-state index contributed by atoms with van der Waals surface area (Å²) in [6.07, 6.45) is 0. The number of aliphatic imine (C=N–C) groups is 1. The van der Waals surface area contributed by atoms with Crippen LogP contribution in [-0.2, 0) is 16.6 Å². The van der Waals surface area contributed by atoms with E-state index >= 15 is 0 Å². The highest BCUT2D eigenvalue weighted by Crippen LogP contribution is 2.07. The lowest BCUT2D eigenvalue weighted by Gasteiger charge is -2.22. The van der Waals surface area contributed by atoms with Gasteiger partial charge in [-0.25, -0.2) is 13.1 Å². The highest BCUT2D eigenvalue weighted by Gasteiger charge is 2.11. The van der Waals surface area contributed by atoms with Gasteiger partial charge < -0.3 is 15.0 Å². The molecule has 9 heteroatoms. The van der Waals surface area contributed by atoms with E-state index in [1.165, 1.54) is 0 Å². The summed E-state index contributed by atoms with van der Waals surface area (Å²) in [7, 11) is 0.173. The molecule has 0 heterocycles. The van der Waals surface area contributed by atoms with Gasteiger partial charge in [-0.2, -0.15) is 0 Å². The largest absolute Gasteiger partial charge is 0.492 e. The van der Waals surface area contributed by atoms with Crippen molar-refractivity contribution in [3.63, 3.8) is 0 Å². The molecule has 7 nitrogen and oxygen atoms in total. The second kappa shape index (κ2) is 13.4. The highest BCUT2D eigenvalue weighted by atomic mass is 127. The normalized spacial score (nSPS) is 11.4. The molecule has 2 aromatic rings. The Balaban J connectivity index is 0.00000420. The minimum absolute atomic E-state index is 0. The van der Waals surface area contributed by atoms with E-state index in [0.29, 0.717) is 19.1 Å². The summed E-state index contributed by atoms with van der Waals surface area (Å²) < 4.78 is 32.6. The van der Waals surface area contributed by atoms with Crippen molar-refractivity contribution in [1.82, 2.24) is 14.9 Å². The van der Waals surface area contributed by atoms with Crippen molar-refractivity contribution in [2.24, 2.45) is 4.99 Å². The van der Waals surface area contributed by atoms with Crippen LogP contribution >= 0.6 is 24.0 Å². The predicted octanol–water partition coefficient (Wildman–Crippen LogP) is 2.31. The molecule has 0 aromatic heterocycles. The van der Waals surface area contributed by atoms with Gasteiger partial charge in [-0.05, 0) is 17.7 Å². The van der Waals surface area contributed by atoms with Gasteiger partial charge in [-0.3, -0.25) is 4.99 Å². The van der Waals surface area contributed by atoms with Gasteiger partial charge in [-0.15, -0.1) is 24.0 Å². The Morgan fingerprint density at radius 3 is 2.31 bits per heavy atom. The molecule has 0 aliphatic carbocycles. The molecule has 0 spiro atoms. The lowest BCUT2D eigenvalue weighted by molar-refractivity contribution is 0.281. The molecule has 0 atom stereocenters. The first-order valence-electron chi connectivity index (χ1n) is 9.11. The zero-order chi connectivity index (χ0) is 20.2. The lowest BCUT2D eigenvalue weighted by atomic mass is 10.2. The van der Waals surface area contributed by atoms with E-state index in [9.17, 15) is 8.42 Å². The molecule has 2 aromatic carbocycles. The second-order valence-electron chi connectivity index (χ2n) is 6.18. The minimum Gasteiger partial charge on any atom is -0.492 e. The molecule has 0 bridgehead atoms. The van der Waals surface area contributed by atoms with Crippen molar-refractivity contribution in [2.75, 3.05) is 39.5 Å². The van der Waals surface area contributed by atoms with Gasteiger partial charge in [-0.1, -0.05) is 48.5 Å². The first kappa shape index (κ1) is 25.2. The van der Waals surface area contributed by atoms with Gasteiger partial charge in [0.05, 0.1) is 12.3 Å². The quantitative estimate of drug-likeness (QED) is 0.279. The van der Waals surface area contributed by atoms with Crippen molar-refractivity contribution in [1.29, 1.82) is 0 Å². The van der Waals surface area contributed by atoms with Crippen molar-refractivity contribution < 1.29 is 13.2 Å². The maximum Gasteiger partial charge on any atom is 0.213 e. The van der Waals surface area contributed by atoms with Crippen LogP contribution in [0.3, 0.4) is 0 Å². The van der Waals surface area contributed by atoms with Crippen molar-refractivity contribution in [2.45, 2.75) is 6.54 Å². The smallest absolute Gasteiger partial charge is 0.213 e. The van der Waals surface area contributed by atoms with E-state index < -0.39 is 10.0 Å². The van der Waals surface area contributed by atoms with Crippen LogP contribution < -0.4 is 14.8 Å². The number of halogens is 1. The summed E-state index contributed by atoms with van der Waals surface area (Å²) in [6, 6.07) is 19.0. The third-order valence-corrected chi connectivity index (χ3v) is 5.33. The molecular weight excluding hydrogens is 503 g/mol. The van der Waals surface area contributed by atoms with Gasteiger partial charge in [0.15, 0.2) is 5.96 Å². The standard InChI is InChI=1S/C20H28N4O3S.HI/c1-21-20(24(2)14-15-27-19-11-7-4-8-12-19)22-13-16-28(25,26)23-17-18-9-5-3-6-10-18;/h3-12,23H,13-17H2,1-2H3,(H,21,22);1H. The lowest BCUT2D eigenvalue weighted by Crippen LogP contribution is -2.43. The maximum absolute atomic E-state index is 12.1. The summed E-state index contributed by atoms with van der Waals surface area (Å²) in [5.74, 6) is 1.40. The van der Waals surface area contributed by atoms with Crippen LogP contribution in [-0.4, -0.2) is 58.8 Å². The second-order valence-corrected chi connectivity index (χ2v) is 8.11. The molecule has 0 amide bonds. The van der Waals surface area contributed by atoms with Crippen LogP contribution in [0.4, 0.5) is 0 Å². The average molecular weight is 532 g/mol. The molecule has 0 radical (unpaired) electrons. The first-order chi connectivity index (χ1) is 13.5. The number of rotatable bonds is 10. The molecular formula is C20H29IN4O3S. The van der Waals surface area contributed by atoms with E-state index in [0.717, 1.165) is 11.3 Å². The molecule has 2 rings (SSSR count). The zero-order valence-electron chi connectivity index (χ0n) is 16.7. The Morgan fingerprint density at radius 2 is 1.69 bits per heavy atom. The Morgan fingerprint density at radius 1 is 1.07 bits per heavy atom. The summed E-state index contributed by atoms with van der Waals surface area (Å²) >= 11 is 0. The predicted molar refractivity (Wildman–Crippen MR) is 128 cm³/mol. The number of benzene rings is 2. The Labute approximate surface area is 190 Å². The number of sulfonamides is 1. The third kappa shape index (κ3) is 9.95. The van der Waals surface area contributed by atoms with Crippen LogP contribution in [0.15, 0.2) is 65.7 Å². The number of para-hydroxylation sites is 1. The number of hydrogen-bond donors (Lipinski definition) is 2. The SMILES string of the molecule is CN=C(NCCS(=O)(=O)NCc1ccccc1)N(C)CCOc1ccccc1.I. The number of likely N-dealkylation sites (N-methyl/N-ethyl adjacent to an activating group) is 1. The number of nitrogens with one attached hydrogen (secondary N) is 2. The molecule has 2 N–H and O–H groups in total. The first-order valence-corrected chi connectivity index (χ1v) is 10.8. The molecule has 0 fully saturated rings. The molecule has 160 valence electrons. The molecule has 0 unspecified atom stereocenters. The number of ether oxygens (including phenoxy) is 1. The minimum atomic E-state index is -3.37. The van der Waals surface area contributed by atoms with Crippen LogP contribution in [0, 0.1) is 0 Å². The fourth-order valence-electron chi connectivity index (χ4n) is 2.47. The van der Waals surface area contributed by atoms with Crippen LogP contribution in [0.25, 0.3) is 0 Å². The van der Waals surface area contributed by atoms with E-state index in [-0.39, 0.29) is 42.8 Å². The average Bonchev–Trinajstić information content (AvgIpc) is 2.71. The number of nitrogens with zero attached hydrogens (tertiary/aromatic N) is 2. The van der Waals surface area contributed by atoms with Crippen molar-refractivity contribution in [3.05, 3.63) is 66.2 Å². The fraction of sp³-hybridized carbons (Fsp3) is 0.350. The number of guanidine groups is 1. The molecule has 0 saturated carbocycles. The molecule has 0 aliphatic heterocycles. The van der Waals surface area contributed by atoms with Crippen LogP contribution in [0.2, 0.25) is 0 Å². The summed E-state index contributed by atoms with van der Waals surface area (Å²) in [4.78, 5) is 6.08.